The maximum absolute atomic E-state index is 11.9. The summed E-state index contributed by atoms with van der Waals surface area (Å²) in [6.45, 7) is 5.01. The van der Waals surface area contributed by atoms with Gasteiger partial charge in [0.25, 0.3) is 0 Å². The first-order valence-corrected chi connectivity index (χ1v) is 5.94. The zero-order valence-corrected chi connectivity index (χ0v) is 11.3. The fourth-order valence-corrected chi connectivity index (χ4v) is 1.60. The van der Waals surface area contributed by atoms with Crippen molar-refractivity contribution < 1.29 is 23.8 Å². The van der Waals surface area contributed by atoms with Gasteiger partial charge in [0.1, 0.15) is 11.4 Å². The number of nitrogens with two attached hydrogens (primary N) is 1. The summed E-state index contributed by atoms with van der Waals surface area (Å²) < 4.78 is 10.2. The molecule has 106 valence electrons. The molecule has 0 spiro atoms. The molecule has 0 bridgehead atoms. The highest BCUT2D eigenvalue weighted by Crippen LogP contribution is 2.16. The highest BCUT2D eigenvalue weighted by Gasteiger charge is 2.36. The molecule has 0 fully saturated rings. The van der Waals surface area contributed by atoms with Gasteiger partial charge in [-0.1, -0.05) is 0 Å². The Balaban J connectivity index is 2.76. The van der Waals surface area contributed by atoms with Crippen LogP contribution in [0.3, 0.4) is 0 Å². The fraction of sp³-hybridized carbons (Fsp3) is 0.538. The zero-order chi connectivity index (χ0) is 14.6. The minimum absolute atomic E-state index is 0.156. The van der Waals surface area contributed by atoms with E-state index in [2.05, 4.69) is 0 Å². The lowest BCUT2D eigenvalue weighted by atomic mass is 9.96. The van der Waals surface area contributed by atoms with Gasteiger partial charge in [-0.15, -0.1) is 0 Å². The van der Waals surface area contributed by atoms with Crippen LogP contribution < -0.4 is 5.73 Å². The summed E-state index contributed by atoms with van der Waals surface area (Å²) in [7, 11) is 0. The minimum atomic E-state index is -1.41. The number of hydrogen-bond acceptors (Lipinski definition) is 5. The molecule has 0 aliphatic heterocycles. The third kappa shape index (κ3) is 4.75. The van der Waals surface area contributed by atoms with Crippen molar-refractivity contribution in [3.8, 4) is 0 Å². The maximum Gasteiger partial charge on any atom is 0.322 e. The van der Waals surface area contributed by atoms with E-state index in [0.717, 1.165) is 0 Å². The van der Waals surface area contributed by atoms with Crippen molar-refractivity contribution in [2.45, 2.75) is 38.8 Å². The van der Waals surface area contributed by atoms with Crippen LogP contribution in [0.4, 0.5) is 0 Å². The lowest BCUT2D eigenvalue weighted by Crippen LogP contribution is -2.45. The first-order valence-electron chi connectivity index (χ1n) is 5.94. The molecule has 1 rings (SSSR count). The monoisotopic (exact) mass is 269 g/mol. The molecule has 6 heteroatoms. The van der Waals surface area contributed by atoms with E-state index >= 15 is 0 Å². The first kappa shape index (κ1) is 15.2. The molecule has 6 nitrogen and oxygen atoms in total. The van der Waals surface area contributed by atoms with Gasteiger partial charge in [-0.25, -0.2) is 0 Å². The smallest absolute Gasteiger partial charge is 0.322 e. The van der Waals surface area contributed by atoms with Gasteiger partial charge >= 0.3 is 11.9 Å². The van der Waals surface area contributed by atoms with Gasteiger partial charge in [0, 0.05) is 12.5 Å². The standard InChI is InChI=1S/C13H19NO5/c1-13(2,3)19-12(17)10(11(15)16)9(14)7-8-5-4-6-18-8/h4-6,9-10H,7,14H2,1-3H3,(H,15,16)/t9-,10+/m1/s1. The number of ether oxygens (including phenoxy) is 1. The van der Waals surface area contributed by atoms with Crippen LogP contribution in [0.5, 0.6) is 0 Å². The van der Waals surface area contributed by atoms with Crippen molar-refractivity contribution in [3.63, 3.8) is 0 Å². The second-order valence-corrected chi connectivity index (χ2v) is 5.30. The fourth-order valence-electron chi connectivity index (χ4n) is 1.60. The molecule has 19 heavy (non-hydrogen) atoms. The third-order valence-electron chi connectivity index (χ3n) is 2.37. The third-order valence-corrected chi connectivity index (χ3v) is 2.37. The molecular formula is C13H19NO5. The molecule has 0 saturated heterocycles. The molecule has 0 aliphatic carbocycles. The Morgan fingerprint density at radius 1 is 1.47 bits per heavy atom. The Bertz CT molecular complexity index is 432. The highest BCUT2D eigenvalue weighted by atomic mass is 16.6. The normalized spacial score (nSPS) is 14.7. The SMILES string of the molecule is CC(C)(C)OC(=O)[C@H](C(=O)O)[C@H](N)Cc1ccco1. The van der Waals surface area contributed by atoms with Crippen LogP contribution in [0.25, 0.3) is 0 Å². The molecule has 1 aromatic heterocycles. The summed E-state index contributed by atoms with van der Waals surface area (Å²) in [5.41, 5.74) is 5.03. The van der Waals surface area contributed by atoms with Crippen molar-refractivity contribution in [1.29, 1.82) is 0 Å². The molecule has 1 heterocycles. The van der Waals surface area contributed by atoms with Crippen LogP contribution >= 0.6 is 0 Å². The van der Waals surface area contributed by atoms with E-state index in [1.807, 2.05) is 0 Å². The van der Waals surface area contributed by atoms with Gasteiger partial charge in [0.2, 0.25) is 0 Å². The average molecular weight is 269 g/mol. The average Bonchev–Trinajstić information content (AvgIpc) is 2.66. The summed E-state index contributed by atoms with van der Waals surface area (Å²) in [4.78, 5) is 23.0. The number of carboxylic acid groups (broad SMARTS) is 1. The summed E-state index contributed by atoms with van der Waals surface area (Å²) >= 11 is 0. The molecule has 0 unspecified atom stereocenters. The number of carbonyl (C=O) groups excluding carboxylic acids is 1. The number of carboxylic acids is 1. The molecule has 0 aliphatic rings. The van der Waals surface area contributed by atoms with Crippen molar-refractivity contribution >= 4 is 11.9 Å². The van der Waals surface area contributed by atoms with Crippen LogP contribution in [-0.4, -0.2) is 28.7 Å². The van der Waals surface area contributed by atoms with E-state index in [1.165, 1.54) is 6.26 Å². The summed E-state index contributed by atoms with van der Waals surface area (Å²) in [6, 6.07) is 2.44. The lowest BCUT2D eigenvalue weighted by molar-refractivity contribution is -0.167. The summed E-state index contributed by atoms with van der Waals surface area (Å²) in [5.74, 6) is -3.01. The minimum Gasteiger partial charge on any atom is -0.481 e. The number of hydrogen-bond donors (Lipinski definition) is 2. The van der Waals surface area contributed by atoms with Crippen LogP contribution in [0.2, 0.25) is 0 Å². The van der Waals surface area contributed by atoms with E-state index in [-0.39, 0.29) is 6.42 Å². The predicted molar refractivity (Wildman–Crippen MR) is 67.4 cm³/mol. The van der Waals surface area contributed by atoms with Crippen molar-refractivity contribution in [2.75, 3.05) is 0 Å². The maximum atomic E-state index is 11.9. The molecule has 0 radical (unpaired) electrons. The second kappa shape index (κ2) is 5.88. The summed E-state index contributed by atoms with van der Waals surface area (Å²) in [6.07, 6.45) is 1.62. The van der Waals surface area contributed by atoms with E-state index in [9.17, 15) is 9.59 Å². The molecule has 3 N–H and O–H groups in total. The van der Waals surface area contributed by atoms with Crippen molar-refractivity contribution in [3.05, 3.63) is 24.2 Å². The predicted octanol–water partition coefficient (Wildman–Crippen LogP) is 1.19. The van der Waals surface area contributed by atoms with Gasteiger partial charge in [-0.05, 0) is 32.9 Å². The Kier molecular flexibility index (Phi) is 4.72. The van der Waals surface area contributed by atoms with Crippen LogP contribution in [-0.2, 0) is 20.7 Å². The van der Waals surface area contributed by atoms with Gasteiger partial charge in [-0.2, -0.15) is 0 Å². The van der Waals surface area contributed by atoms with Crippen LogP contribution in [0, 0.1) is 5.92 Å². The Hall–Kier alpha value is -1.82. The van der Waals surface area contributed by atoms with Crippen molar-refractivity contribution in [2.24, 2.45) is 11.7 Å². The molecular weight excluding hydrogens is 250 g/mol. The lowest BCUT2D eigenvalue weighted by Gasteiger charge is -2.24. The Morgan fingerprint density at radius 3 is 2.53 bits per heavy atom. The molecule has 0 amide bonds. The molecule has 1 aromatic rings. The van der Waals surface area contributed by atoms with Gasteiger partial charge in [0.15, 0.2) is 5.92 Å². The molecule has 2 atom stereocenters. The number of esters is 1. The van der Waals surface area contributed by atoms with Gasteiger partial charge < -0.3 is 20.0 Å². The number of aliphatic carboxylic acids is 1. The Morgan fingerprint density at radius 2 is 2.11 bits per heavy atom. The van der Waals surface area contributed by atoms with Crippen LogP contribution in [0.15, 0.2) is 22.8 Å². The number of furan rings is 1. The largest absolute Gasteiger partial charge is 0.481 e. The highest BCUT2D eigenvalue weighted by molar-refractivity contribution is 5.95. The Labute approximate surface area is 111 Å². The quantitative estimate of drug-likeness (QED) is 0.615. The summed E-state index contributed by atoms with van der Waals surface area (Å²) in [5, 5.41) is 9.13. The van der Waals surface area contributed by atoms with E-state index < -0.39 is 29.5 Å². The first-order chi connectivity index (χ1) is 8.70. The number of rotatable bonds is 5. The number of carbonyl (C=O) groups is 2. The zero-order valence-electron chi connectivity index (χ0n) is 11.3. The van der Waals surface area contributed by atoms with Gasteiger partial charge in [0.05, 0.1) is 6.26 Å². The topological polar surface area (TPSA) is 103 Å². The molecule has 0 saturated carbocycles. The molecule has 0 aromatic carbocycles. The van der Waals surface area contributed by atoms with Crippen molar-refractivity contribution in [1.82, 2.24) is 0 Å². The van der Waals surface area contributed by atoms with E-state index in [1.54, 1.807) is 32.9 Å². The van der Waals surface area contributed by atoms with Gasteiger partial charge in [-0.3, -0.25) is 9.59 Å². The van der Waals surface area contributed by atoms with E-state index in [0.29, 0.717) is 5.76 Å². The van der Waals surface area contributed by atoms with E-state index in [4.69, 9.17) is 20.0 Å². The van der Waals surface area contributed by atoms with Crippen LogP contribution in [0.1, 0.15) is 26.5 Å². The second-order valence-electron chi connectivity index (χ2n) is 5.30.